The van der Waals surface area contributed by atoms with Gasteiger partial charge in [0.1, 0.15) is 0 Å². The lowest BCUT2D eigenvalue weighted by atomic mass is 9.86. The molecule has 27 heavy (non-hydrogen) atoms. The lowest BCUT2D eigenvalue weighted by Crippen LogP contribution is -2.60. The Morgan fingerprint density at radius 1 is 1.26 bits per heavy atom. The van der Waals surface area contributed by atoms with E-state index in [0.717, 1.165) is 44.8 Å². The zero-order chi connectivity index (χ0) is 19.4. The average molecular weight is 380 g/mol. The molecule has 3 heterocycles. The molecule has 152 valence electrons. The van der Waals surface area contributed by atoms with Crippen molar-refractivity contribution in [2.45, 2.75) is 51.1 Å². The van der Waals surface area contributed by atoms with Crippen molar-refractivity contribution in [1.82, 2.24) is 24.8 Å². The lowest BCUT2D eigenvalue weighted by Gasteiger charge is -2.49. The number of likely N-dealkylation sites (tertiary alicyclic amines) is 1. The molecule has 1 amide bonds. The molecule has 0 N–H and O–H groups in total. The van der Waals surface area contributed by atoms with Crippen molar-refractivity contribution in [3.05, 3.63) is 11.7 Å². The minimum absolute atomic E-state index is 0.0244. The number of hydrogen-bond acceptors (Lipinski definition) is 7. The van der Waals surface area contributed by atoms with Gasteiger partial charge in [-0.3, -0.25) is 14.6 Å². The first-order valence-corrected chi connectivity index (χ1v) is 9.96. The largest absolute Gasteiger partial charge is 0.383 e. The summed E-state index contributed by atoms with van der Waals surface area (Å²) in [5, 5.41) is 4.08. The van der Waals surface area contributed by atoms with E-state index in [-0.39, 0.29) is 17.4 Å². The maximum Gasteiger partial charge on any atom is 0.240 e. The van der Waals surface area contributed by atoms with Crippen LogP contribution in [-0.2, 0) is 16.1 Å². The molecule has 1 spiro atoms. The molecule has 2 fully saturated rings. The summed E-state index contributed by atoms with van der Waals surface area (Å²) in [5.41, 5.74) is 0.0244. The predicted octanol–water partition coefficient (Wildman–Crippen LogP) is 1.34. The second kappa shape index (κ2) is 8.67. The van der Waals surface area contributed by atoms with E-state index in [1.165, 1.54) is 0 Å². The molecule has 1 aromatic heterocycles. The third-order valence-electron chi connectivity index (χ3n) is 6.01. The van der Waals surface area contributed by atoms with Gasteiger partial charge in [0.2, 0.25) is 11.8 Å². The second-order valence-electron chi connectivity index (χ2n) is 8.18. The van der Waals surface area contributed by atoms with Crippen LogP contribution in [0.1, 0.15) is 50.7 Å². The summed E-state index contributed by atoms with van der Waals surface area (Å²) < 4.78 is 10.6. The summed E-state index contributed by atoms with van der Waals surface area (Å²) in [4.78, 5) is 23.8. The first-order chi connectivity index (χ1) is 12.9. The molecule has 0 aliphatic carbocycles. The van der Waals surface area contributed by atoms with Gasteiger partial charge in [0.25, 0.3) is 0 Å². The smallest absolute Gasteiger partial charge is 0.240 e. The maximum atomic E-state index is 12.5. The molecule has 1 atom stereocenters. The van der Waals surface area contributed by atoms with Crippen LogP contribution in [0, 0.1) is 0 Å². The second-order valence-corrected chi connectivity index (χ2v) is 8.18. The molecular formula is C19H33N5O3. The summed E-state index contributed by atoms with van der Waals surface area (Å²) >= 11 is 0. The number of methoxy groups -OCH3 is 1. The normalized spacial score (nSPS) is 25.5. The number of rotatable bonds is 6. The molecule has 2 saturated heterocycles. The molecule has 0 bridgehead atoms. The first-order valence-electron chi connectivity index (χ1n) is 9.96. The van der Waals surface area contributed by atoms with Gasteiger partial charge >= 0.3 is 0 Å². The molecule has 2 aliphatic rings. The zero-order valence-corrected chi connectivity index (χ0v) is 17.1. The number of aromatic nitrogens is 2. The number of piperazine rings is 1. The highest BCUT2D eigenvalue weighted by molar-refractivity contribution is 5.76. The van der Waals surface area contributed by atoms with E-state index in [1.54, 1.807) is 7.11 Å². The van der Waals surface area contributed by atoms with E-state index in [0.29, 0.717) is 32.0 Å². The summed E-state index contributed by atoms with van der Waals surface area (Å²) in [5.74, 6) is 1.97. The van der Waals surface area contributed by atoms with Crippen molar-refractivity contribution in [3.8, 4) is 0 Å². The fourth-order valence-corrected chi connectivity index (χ4v) is 4.11. The first kappa shape index (κ1) is 20.2. The Kier molecular flexibility index (Phi) is 6.49. The number of carbonyl (C=O) groups is 1. The third-order valence-corrected chi connectivity index (χ3v) is 6.01. The number of nitrogens with zero attached hydrogens (tertiary/aromatic N) is 5. The van der Waals surface area contributed by atoms with Gasteiger partial charge in [-0.2, -0.15) is 4.98 Å². The Bertz CT molecular complexity index is 635. The fraction of sp³-hybridized carbons (Fsp3) is 0.842. The minimum Gasteiger partial charge on any atom is -0.383 e. The van der Waals surface area contributed by atoms with Gasteiger partial charge < -0.3 is 14.2 Å². The van der Waals surface area contributed by atoms with Crippen LogP contribution in [0.15, 0.2) is 4.52 Å². The number of likely N-dealkylation sites (N-methyl/N-ethyl adjacent to an activating group) is 1. The van der Waals surface area contributed by atoms with Crippen molar-refractivity contribution in [2.75, 3.05) is 53.5 Å². The molecule has 0 unspecified atom stereocenters. The molecule has 0 saturated carbocycles. The van der Waals surface area contributed by atoms with E-state index in [4.69, 9.17) is 9.26 Å². The quantitative estimate of drug-likeness (QED) is 0.738. The fourth-order valence-electron chi connectivity index (χ4n) is 4.11. The van der Waals surface area contributed by atoms with Crippen LogP contribution in [0.2, 0.25) is 0 Å². The van der Waals surface area contributed by atoms with Crippen molar-refractivity contribution < 1.29 is 14.1 Å². The van der Waals surface area contributed by atoms with Gasteiger partial charge in [0.05, 0.1) is 13.2 Å². The number of hydrogen-bond donors (Lipinski definition) is 0. The summed E-state index contributed by atoms with van der Waals surface area (Å²) in [7, 11) is 3.87. The third kappa shape index (κ3) is 4.67. The Morgan fingerprint density at radius 2 is 2.07 bits per heavy atom. The molecule has 0 aromatic carbocycles. The monoisotopic (exact) mass is 379 g/mol. The molecule has 8 heteroatoms. The Morgan fingerprint density at radius 3 is 2.78 bits per heavy atom. The number of carbonyl (C=O) groups excluding carboxylic acids is 1. The van der Waals surface area contributed by atoms with Crippen molar-refractivity contribution in [1.29, 1.82) is 0 Å². The van der Waals surface area contributed by atoms with Crippen molar-refractivity contribution in [2.24, 2.45) is 0 Å². The molecular weight excluding hydrogens is 346 g/mol. The molecule has 2 aliphatic heterocycles. The van der Waals surface area contributed by atoms with Crippen molar-refractivity contribution in [3.63, 3.8) is 0 Å². The van der Waals surface area contributed by atoms with Gasteiger partial charge in [-0.1, -0.05) is 19.0 Å². The van der Waals surface area contributed by atoms with E-state index < -0.39 is 0 Å². The Hall–Kier alpha value is -1.51. The number of amides is 1. The summed E-state index contributed by atoms with van der Waals surface area (Å²) in [6, 6.07) is 0. The highest BCUT2D eigenvalue weighted by Crippen LogP contribution is 2.32. The van der Waals surface area contributed by atoms with Crippen LogP contribution < -0.4 is 0 Å². The van der Waals surface area contributed by atoms with Crippen LogP contribution >= 0.6 is 0 Å². The van der Waals surface area contributed by atoms with E-state index in [1.807, 2.05) is 4.90 Å². The average Bonchev–Trinajstić information content (AvgIpc) is 3.05. The van der Waals surface area contributed by atoms with Crippen LogP contribution in [0.3, 0.4) is 0 Å². The summed E-state index contributed by atoms with van der Waals surface area (Å²) in [6.07, 6.45) is 2.47. The van der Waals surface area contributed by atoms with E-state index in [9.17, 15) is 4.79 Å². The van der Waals surface area contributed by atoms with Gasteiger partial charge in [-0.15, -0.1) is 0 Å². The van der Waals surface area contributed by atoms with Crippen LogP contribution in [-0.4, -0.2) is 89.8 Å². The molecule has 1 aromatic rings. The van der Waals surface area contributed by atoms with Gasteiger partial charge in [-0.05, 0) is 19.9 Å². The van der Waals surface area contributed by atoms with E-state index in [2.05, 4.69) is 40.8 Å². The highest BCUT2D eigenvalue weighted by atomic mass is 16.5. The Labute approximate surface area is 161 Å². The topological polar surface area (TPSA) is 74.9 Å². The molecule has 8 nitrogen and oxygen atoms in total. The van der Waals surface area contributed by atoms with E-state index >= 15 is 0 Å². The minimum atomic E-state index is 0.0244. The standard InChI is InChI=1S/C19H33N5O3/c1-15(2)18-20-16(27-21-18)13-23-10-9-22(3)19(14-23)6-5-17(25)24(8-7-19)11-12-26-4/h15H,5-14H2,1-4H3/t19-/m0/s1. The van der Waals surface area contributed by atoms with Crippen LogP contribution in [0.4, 0.5) is 0 Å². The predicted molar refractivity (Wildman–Crippen MR) is 101 cm³/mol. The maximum absolute atomic E-state index is 12.5. The Balaban J connectivity index is 1.66. The molecule has 3 rings (SSSR count). The number of ether oxygens (including phenoxy) is 1. The van der Waals surface area contributed by atoms with Gasteiger partial charge in [-0.25, -0.2) is 0 Å². The van der Waals surface area contributed by atoms with Crippen LogP contribution in [0.25, 0.3) is 0 Å². The zero-order valence-electron chi connectivity index (χ0n) is 17.1. The van der Waals surface area contributed by atoms with Crippen LogP contribution in [0.5, 0.6) is 0 Å². The van der Waals surface area contributed by atoms with Crippen molar-refractivity contribution >= 4 is 5.91 Å². The molecule has 0 radical (unpaired) electrons. The van der Waals surface area contributed by atoms with Gasteiger partial charge in [0, 0.05) is 57.7 Å². The highest BCUT2D eigenvalue weighted by Gasteiger charge is 2.42. The SMILES string of the molecule is COCCN1CC[C@@]2(CCC1=O)CN(Cc1nc(C(C)C)no1)CCN2C. The van der Waals surface area contributed by atoms with Gasteiger partial charge in [0.15, 0.2) is 5.82 Å². The summed E-state index contributed by atoms with van der Waals surface area (Å²) in [6.45, 7) is 9.75. The lowest BCUT2D eigenvalue weighted by molar-refractivity contribution is -0.131.